The topological polar surface area (TPSA) is 3.24 Å². The van der Waals surface area contributed by atoms with Crippen LogP contribution in [0.5, 0.6) is 0 Å². The third kappa shape index (κ3) is 1.87. The van der Waals surface area contributed by atoms with E-state index in [1.165, 1.54) is 81.5 Å². The molecule has 4 aromatic carbocycles. The van der Waals surface area contributed by atoms with Gasteiger partial charge in [0.25, 0.3) is 0 Å². The van der Waals surface area contributed by atoms with E-state index in [9.17, 15) is 0 Å². The Morgan fingerprint density at radius 3 is 2.25 bits per heavy atom. The molecule has 120 valence electrons. The van der Waals surface area contributed by atoms with Gasteiger partial charge in [0, 0.05) is 24.2 Å². The van der Waals surface area contributed by atoms with Gasteiger partial charge in [-0.2, -0.15) is 0 Å². The van der Waals surface area contributed by atoms with E-state index in [-0.39, 0.29) is 0 Å². The van der Waals surface area contributed by atoms with Crippen molar-refractivity contribution in [1.82, 2.24) is 0 Å². The molecule has 1 aliphatic heterocycles. The molecule has 0 aliphatic carbocycles. The number of anilines is 1. The van der Waals surface area contributed by atoms with Crippen molar-refractivity contribution in [2.45, 2.75) is 33.1 Å². The highest BCUT2D eigenvalue weighted by Crippen LogP contribution is 2.41. The van der Waals surface area contributed by atoms with Crippen molar-refractivity contribution in [1.29, 1.82) is 0 Å². The van der Waals surface area contributed by atoms with Crippen LogP contribution in [0.15, 0.2) is 42.5 Å². The van der Waals surface area contributed by atoms with Gasteiger partial charge in [0.05, 0.1) is 0 Å². The van der Waals surface area contributed by atoms with Gasteiger partial charge in [0.2, 0.25) is 0 Å². The zero-order valence-electron chi connectivity index (χ0n) is 14.5. The second kappa shape index (κ2) is 5.11. The molecule has 1 fully saturated rings. The minimum atomic E-state index is 1.20. The Labute approximate surface area is 143 Å². The van der Waals surface area contributed by atoms with E-state index in [0.29, 0.717) is 0 Å². The van der Waals surface area contributed by atoms with Crippen molar-refractivity contribution in [2.75, 3.05) is 18.0 Å². The minimum absolute atomic E-state index is 1.20. The molecule has 0 radical (unpaired) electrons. The quantitative estimate of drug-likeness (QED) is 0.379. The third-order valence-electron chi connectivity index (χ3n) is 5.88. The average molecular weight is 313 g/mol. The number of benzene rings is 4. The molecule has 1 heterocycles. The Bertz CT molecular complexity index is 1050. The first-order valence-corrected chi connectivity index (χ1v) is 9.17. The fraction of sp³-hybridized carbons (Fsp3) is 0.304. The van der Waals surface area contributed by atoms with Gasteiger partial charge in [-0.1, -0.05) is 36.4 Å². The summed E-state index contributed by atoms with van der Waals surface area (Å²) in [5.41, 5.74) is 4.19. The summed E-state index contributed by atoms with van der Waals surface area (Å²) in [5.74, 6) is 0. The molecule has 1 saturated heterocycles. The number of nitrogens with zero attached hydrogens (tertiary/aromatic N) is 1. The maximum atomic E-state index is 2.59. The van der Waals surface area contributed by atoms with Crippen LogP contribution in [0.3, 0.4) is 0 Å². The average Bonchev–Trinajstić information content (AvgIpc) is 2.63. The van der Waals surface area contributed by atoms with Gasteiger partial charge in [-0.25, -0.2) is 0 Å². The van der Waals surface area contributed by atoms with Crippen LogP contribution in [-0.2, 0) is 0 Å². The first kappa shape index (κ1) is 14.1. The number of piperidine rings is 1. The van der Waals surface area contributed by atoms with Gasteiger partial charge in [-0.05, 0) is 77.2 Å². The van der Waals surface area contributed by atoms with Crippen LogP contribution in [0.25, 0.3) is 32.3 Å². The normalized spacial score (nSPS) is 15.8. The molecular weight excluding hydrogens is 290 g/mol. The SMILES string of the molecule is Cc1ccc2ccc3c(N4CCCCC4)ccc4c(C)cc1c2c43. The lowest BCUT2D eigenvalue weighted by atomic mass is 9.89. The maximum absolute atomic E-state index is 2.59. The summed E-state index contributed by atoms with van der Waals surface area (Å²) >= 11 is 0. The summed E-state index contributed by atoms with van der Waals surface area (Å²) in [6, 6.07) is 16.3. The molecule has 0 bridgehead atoms. The molecule has 0 N–H and O–H groups in total. The number of hydrogen-bond acceptors (Lipinski definition) is 1. The molecule has 0 aromatic heterocycles. The highest BCUT2D eigenvalue weighted by atomic mass is 15.1. The standard InChI is InChI=1S/C23H23N/c1-15-6-7-17-8-9-19-21(24-12-4-3-5-13-24)11-10-18-16(2)14-20(15)22(17)23(18)19/h6-11,14H,3-5,12-13H2,1-2H3. The smallest absolute Gasteiger partial charge is 0.0446 e. The maximum Gasteiger partial charge on any atom is 0.0446 e. The second-order valence-corrected chi connectivity index (χ2v) is 7.39. The molecule has 0 amide bonds. The lowest BCUT2D eigenvalue weighted by Gasteiger charge is -2.30. The van der Waals surface area contributed by atoms with Crippen LogP contribution in [0, 0.1) is 13.8 Å². The van der Waals surface area contributed by atoms with Gasteiger partial charge in [0.15, 0.2) is 0 Å². The summed E-state index contributed by atoms with van der Waals surface area (Å²) in [7, 11) is 0. The first-order valence-electron chi connectivity index (χ1n) is 9.17. The van der Waals surface area contributed by atoms with Crippen LogP contribution in [0.4, 0.5) is 5.69 Å². The fourth-order valence-corrected chi connectivity index (χ4v) is 4.60. The molecule has 0 unspecified atom stereocenters. The number of rotatable bonds is 1. The number of aryl methyl sites for hydroxylation is 2. The molecule has 0 spiro atoms. The van der Waals surface area contributed by atoms with E-state index in [0.717, 1.165) is 0 Å². The van der Waals surface area contributed by atoms with Gasteiger partial charge < -0.3 is 4.90 Å². The molecule has 4 aromatic rings. The zero-order chi connectivity index (χ0) is 16.3. The predicted octanol–water partition coefficient (Wildman–Crippen LogP) is 6.19. The summed E-state index contributed by atoms with van der Waals surface area (Å²) < 4.78 is 0. The Morgan fingerprint density at radius 2 is 1.42 bits per heavy atom. The summed E-state index contributed by atoms with van der Waals surface area (Å²) in [5, 5.41) is 8.54. The lowest BCUT2D eigenvalue weighted by molar-refractivity contribution is 0.579. The van der Waals surface area contributed by atoms with E-state index < -0.39 is 0 Å². The van der Waals surface area contributed by atoms with Crippen molar-refractivity contribution in [3.05, 3.63) is 53.6 Å². The van der Waals surface area contributed by atoms with Crippen LogP contribution >= 0.6 is 0 Å². The molecule has 0 atom stereocenters. The van der Waals surface area contributed by atoms with Crippen molar-refractivity contribution >= 4 is 38.0 Å². The summed E-state index contributed by atoms with van der Waals surface area (Å²) in [4.78, 5) is 2.59. The Hall–Kier alpha value is -2.28. The Kier molecular flexibility index (Phi) is 3.00. The molecule has 1 nitrogen and oxygen atoms in total. The minimum Gasteiger partial charge on any atom is -0.371 e. The summed E-state index contributed by atoms with van der Waals surface area (Å²) in [6.07, 6.45) is 4.01. The number of hydrogen-bond donors (Lipinski definition) is 0. The van der Waals surface area contributed by atoms with Crippen LogP contribution in [0.1, 0.15) is 30.4 Å². The van der Waals surface area contributed by atoms with Crippen molar-refractivity contribution in [2.24, 2.45) is 0 Å². The molecular formula is C23H23N. The predicted molar refractivity (Wildman–Crippen MR) is 106 cm³/mol. The zero-order valence-corrected chi connectivity index (χ0v) is 14.5. The van der Waals surface area contributed by atoms with Crippen LogP contribution in [0.2, 0.25) is 0 Å². The van der Waals surface area contributed by atoms with Gasteiger partial charge >= 0.3 is 0 Å². The van der Waals surface area contributed by atoms with Crippen molar-refractivity contribution in [3.8, 4) is 0 Å². The van der Waals surface area contributed by atoms with Crippen LogP contribution < -0.4 is 4.90 Å². The fourth-order valence-electron chi connectivity index (χ4n) is 4.60. The Balaban J connectivity index is 1.93. The highest BCUT2D eigenvalue weighted by Gasteiger charge is 2.18. The third-order valence-corrected chi connectivity index (χ3v) is 5.88. The van der Waals surface area contributed by atoms with E-state index >= 15 is 0 Å². The largest absolute Gasteiger partial charge is 0.371 e. The van der Waals surface area contributed by atoms with E-state index in [1.807, 2.05) is 0 Å². The first-order chi connectivity index (χ1) is 11.7. The van der Waals surface area contributed by atoms with E-state index in [1.54, 1.807) is 0 Å². The van der Waals surface area contributed by atoms with Crippen molar-refractivity contribution < 1.29 is 0 Å². The summed E-state index contributed by atoms with van der Waals surface area (Å²) in [6.45, 7) is 6.88. The van der Waals surface area contributed by atoms with Gasteiger partial charge in [0.1, 0.15) is 0 Å². The monoisotopic (exact) mass is 313 g/mol. The highest BCUT2D eigenvalue weighted by molar-refractivity contribution is 6.26. The second-order valence-electron chi connectivity index (χ2n) is 7.39. The van der Waals surface area contributed by atoms with E-state index in [2.05, 4.69) is 61.2 Å². The van der Waals surface area contributed by atoms with Crippen LogP contribution in [-0.4, -0.2) is 13.1 Å². The molecule has 5 rings (SSSR count). The molecule has 1 aliphatic rings. The lowest BCUT2D eigenvalue weighted by Crippen LogP contribution is -2.29. The Morgan fingerprint density at radius 1 is 0.667 bits per heavy atom. The molecule has 1 heteroatoms. The van der Waals surface area contributed by atoms with Gasteiger partial charge in [-0.15, -0.1) is 0 Å². The molecule has 24 heavy (non-hydrogen) atoms. The molecule has 0 saturated carbocycles. The van der Waals surface area contributed by atoms with Crippen molar-refractivity contribution in [3.63, 3.8) is 0 Å². The van der Waals surface area contributed by atoms with E-state index in [4.69, 9.17) is 0 Å². The van der Waals surface area contributed by atoms with Gasteiger partial charge in [-0.3, -0.25) is 0 Å².